The predicted octanol–water partition coefficient (Wildman–Crippen LogP) is 1.99. The van der Waals surface area contributed by atoms with Crippen molar-refractivity contribution in [2.75, 3.05) is 17.6 Å². The van der Waals surface area contributed by atoms with E-state index in [-0.39, 0.29) is 17.2 Å². The van der Waals surface area contributed by atoms with E-state index in [0.717, 1.165) is 6.42 Å². The highest BCUT2D eigenvalue weighted by molar-refractivity contribution is 5.89. The highest BCUT2D eigenvalue weighted by Crippen LogP contribution is 2.21. The van der Waals surface area contributed by atoms with Gasteiger partial charge >= 0.3 is 0 Å². The quantitative estimate of drug-likeness (QED) is 0.620. The van der Waals surface area contributed by atoms with Gasteiger partial charge in [0.1, 0.15) is 35.1 Å². The maximum Gasteiger partial charge on any atom is 0.163 e. The number of H-pyrrole nitrogens is 1. The van der Waals surface area contributed by atoms with Gasteiger partial charge in [0.15, 0.2) is 5.82 Å². The minimum Gasteiger partial charge on any atom is -0.381 e. The number of nitrogen functional groups attached to an aromatic ring is 1. The van der Waals surface area contributed by atoms with Crippen LogP contribution < -0.4 is 11.1 Å². The minimum atomic E-state index is -0.375. The molecule has 1 aromatic carbocycles. The molecule has 3 rings (SSSR count). The first-order valence-electron chi connectivity index (χ1n) is 7.06. The van der Waals surface area contributed by atoms with Crippen LogP contribution in [0.1, 0.15) is 17.7 Å². The van der Waals surface area contributed by atoms with Crippen LogP contribution in [0.15, 0.2) is 24.5 Å². The van der Waals surface area contributed by atoms with Crippen molar-refractivity contribution in [3.8, 4) is 6.07 Å². The molecule has 116 valence electrons. The molecule has 0 saturated heterocycles. The number of rotatable bonds is 5. The summed E-state index contributed by atoms with van der Waals surface area (Å²) in [5, 5.41) is 19.4. The predicted molar refractivity (Wildman–Crippen MR) is 84.0 cm³/mol. The molecule has 0 aliphatic rings. The summed E-state index contributed by atoms with van der Waals surface area (Å²) in [7, 11) is 0. The van der Waals surface area contributed by atoms with Gasteiger partial charge in [-0.2, -0.15) is 10.4 Å². The Morgan fingerprint density at radius 3 is 3.04 bits per heavy atom. The molecule has 0 spiro atoms. The van der Waals surface area contributed by atoms with Crippen molar-refractivity contribution in [3.63, 3.8) is 0 Å². The Hall–Kier alpha value is -3.21. The van der Waals surface area contributed by atoms with Gasteiger partial charge in [-0.05, 0) is 25.0 Å². The first-order chi connectivity index (χ1) is 11.2. The standard InChI is InChI=1S/C15H14FN7/c16-11-4-1-3-9-13(11)20-8-21-15(9)19-6-2-5-12-10(7-17)14(18)23-22-12/h1,3-4,8H,2,5-6H2,(H3,18,22,23)(H,19,20,21). The molecule has 0 saturated carbocycles. The molecule has 2 heterocycles. The van der Waals surface area contributed by atoms with Crippen molar-refractivity contribution >= 4 is 22.5 Å². The fraction of sp³-hybridized carbons (Fsp3) is 0.200. The maximum absolute atomic E-state index is 13.7. The first-order valence-corrected chi connectivity index (χ1v) is 7.06. The smallest absolute Gasteiger partial charge is 0.163 e. The van der Waals surface area contributed by atoms with Gasteiger partial charge in [0, 0.05) is 11.9 Å². The Morgan fingerprint density at radius 1 is 1.35 bits per heavy atom. The molecule has 3 aromatic rings. The summed E-state index contributed by atoms with van der Waals surface area (Å²) >= 11 is 0. The van der Waals surface area contributed by atoms with Crippen LogP contribution in [0, 0.1) is 17.1 Å². The molecule has 7 nitrogen and oxygen atoms in total. The molecule has 0 amide bonds. The number of aromatic amines is 1. The molecule has 0 atom stereocenters. The van der Waals surface area contributed by atoms with Gasteiger partial charge < -0.3 is 11.1 Å². The number of nitrogens with one attached hydrogen (secondary N) is 2. The zero-order valence-electron chi connectivity index (χ0n) is 12.2. The van der Waals surface area contributed by atoms with Crippen LogP contribution in [0.5, 0.6) is 0 Å². The van der Waals surface area contributed by atoms with Crippen molar-refractivity contribution in [1.82, 2.24) is 20.2 Å². The second kappa shape index (κ2) is 6.27. The Bertz CT molecular complexity index is 881. The van der Waals surface area contributed by atoms with Crippen molar-refractivity contribution in [2.45, 2.75) is 12.8 Å². The Labute approximate surface area is 131 Å². The summed E-state index contributed by atoms with van der Waals surface area (Å²) in [6, 6.07) is 6.79. The van der Waals surface area contributed by atoms with Gasteiger partial charge in [-0.1, -0.05) is 6.07 Å². The average Bonchev–Trinajstić information content (AvgIpc) is 2.92. The van der Waals surface area contributed by atoms with Crippen molar-refractivity contribution in [3.05, 3.63) is 41.6 Å². The number of halogens is 1. The normalized spacial score (nSPS) is 10.6. The molecule has 0 fully saturated rings. The highest BCUT2D eigenvalue weighted by Gasteiger charge is 2.10. The number of hydrogen-bond donors (Lipinski definition) is 3. The number of aromatic nitrogens is 4. The number of nitrogens with two attached hydrogens (primary N) is 1. The van der Waals surface area contributed by atoms with Crippen LogP contribution in [0.2, 0.25) is 0 Å². The van der Waals surface area contributed by atoms with E-state index in [1.165, 1.54) is 12.4 Å². The lowest BCUT2D eigenvalue weighted by atomic mass is 10.1. The van der Waals surface area contributed by atoms with E-state index >= 15 is 0 Å². The van der Waals surface area contributed by atoms with Crippen molar-refractivity contribution in [2.24, 2.45) is 0 Å². The molecule has 0 aliphatic heterocycles. The maximum atomic E-state index is 13.7. The van der Waals surface area contributed by atoms with Gasteiger partial charge in [-0.15, -0.1) is 0 Å². The molecule has 0 unspecified atom stereocenters. The second-order valence-corrected chi connectivity index (χ2v) is 4.96. The molecule has 2 aromatic heterocycles. The SMILES string of the molecule is N#Cc1c(N)n[nH]c1CCCNc1ncnc2c(F)cccc12. The molecular formula is C15H14FN7. The zero-order valence-corrected chi connectivity index (χ0v) is 12.2. The number of anilines is 2. The van der Waals surface area contributed by atoms with Gasteiger partial charge in [0.05, 0.1) is 5.69 Å². The van der Waals surface area contributed by atoms with Gasteiger partial charge in [-0.25, -0.2) is 14.4 Å². The minimum absolute atomic E-state index is 0.215. The fourth-order valence-electron chi connectivity index (χ4n) is 2.36. The number of fused-ring (bicyclic) bond motifs is 1. The number of aryl methyl sites for hydroxylation is 1. The summed E-state index contributed by atoms with van der Waals surface area (Å²) in [6.45, 7) is 0.604. The number of nitriles is 1. The lowest BCUT2D eigenvalue weighted by molar-refractivity contribution is 0.636. The van der Waals surface area contributed by atoms with E-state index in [2.05, 4.69) is 25.5 Å². The number of hydrogen-bond acceptors (Lipinski definition) is 6. The molecule has 23 heavy (non-hydrogen) atoms. The summed E-state index contributed by atoms with van der Waals surface area (Å²) in [5.41, 5.74) is 6.98. The summed E-state index contributed by atoms with van der Waals surface area (Å²) in [4.78, 5) is 8.10. The van der Waals surface area contributed by atoms with E-state index in [4.69, 9.17) is 11.0 Å². The Kier molecular flexibility index (Phi) is 4.01. The van der Waals surface area contributed by atoms with Crippen molar-refractivity contribution < 1.29 is 4.39 Å². The van der Waals surface area contributed by atoms with Gasteiger partial charge in [0.25, 0.3) is 0 Å². The number of nitrogens with zero attached hydrogens (tertiary/aromatic N) is 4. The topological polar surface area (TPSA) is 116 Å². The van der Waals surface area contributed by atoms with E-state index < -0.39 is 0 Å². The van der Waals surface area contributed by atoms with Crippen LogP contribution in [0.25, 0.3) is 10.9 Å². The summed E-state index contributed by atoms with van der Waals surface area (Å²) in [5.74, 6) is 0.423. The van der Waals surface area contributed by atoms with Crippen LogP contribution >= 0.6 is 0 Å². The molecular weight excluding hydrogens is 297 g/mol. The van der Waals surface area contributed by atoms with E-state index in [9.17, 15) is 4.39 Å². The summed E-state index contributed by atoms with van der Waals surface area (Å²) in [6.07, 6.45) is 2.69. The third kappa shape index (κ3) is 2.89. The van der Waals surface area contributed by atoms with E-state index in [1.807, 2.05) is 6.07 Å². The van der Waals surface area contributed by atoms with E-state index in [0.29, 0.717) is 35.4 Å². The lowest BCUT2D eigenvalue weighted by Gasteiger charge is -2.08. The van der Waals surface area contributed by atoms with Crippen LogP contribution in [0.3, 0.4) is 0 Å². The molecule has 0 aliphatic carbocycles. The molecule has 0 bridgehead atoms. The fourth-order valence-corrected chi connectivity index (χ4v) is 2.36. The number of benzene rings is 1. The molecule has 0 radical (unpaired) electrons. The highest BCUT2D eigenvalue weighted by atomic mass is 19.1. The first kappa shape index (κ1) is 14.7. The Morgan fingerprint density at radius 2 is 2.22 bits per heavy atom. The summed E-state index contributed by atoms with van der Waals surface area (Å²) < 4.78 is 13.7. The monoisotopic (exact) mass is 311 g/mol. The van der Waals surface area contributed by atoms with Crippen LogP contribution in [0.4, 0.5) is 16.0 Å². The van der Waals surface area contributed by atoms with Crippen molar-refractivity contribution in [1.29, 1.82) is 5.26 Å². The third-order valence-corrected chi connectivity index (χ3v) is 3.49. The molecule has 8 heteroatoms. The zero-order chi connectivity index (χ0) is 16.2. The second-order valence-electron chi connectivity index (χ2n) is 4.96. The largest absolute Gasteiger partial charge is 0.381 e. The molecule has 4 N–H and O–H groups in total. The third-order valence-electron chi connectivity index (χ3n) is 3.49. The lowest BCUT2D eigenvalue weighted by Crippen LogP contribution is -2.06. The number of para-hydroxylation sites is 1. The van der Waals surface area contributed by atoms with Gasteiger partial charge in [0.2, 0.25) is 0 Å². The van der Waals surface area contributed by atoms with E-state index in [1.54, 1.807) is 12.1 Å². The van der Waals surface area contributed by atoms with Gasteiger partial charge in [-0.3, -0.25) is 5.10 Å². The van der Waals surface area contributed by atoms with Crippen LogP contribution in [-0.2, 0) is 6.42 Å². The Balaban J connectivity index is 1.66. The average molecular weight is 311 g/mol. The van der Waals surface area contributed by atoms with Crippen LogP contribution in [-0.4, -0.2) is 26.7 Å².